The van der Waals surface area contributed by atoms with Crippen molar-refractivity contribution in [2.45, 2.75) is 30.3 Å². The molecule has 2 fully saturated rings. The summed E-state index contributed by atoms with van der Waals surface area (Å²) in [5, 5.41) is 1.70. The van der Waals surface area contributed by atoms with Crippen LogP contribution in [0.15, 0.2) is 29.2 Å². The van der Waals surface area contributed by atoms with Crippen molar-refractivity contribution in [3.63, 3.8) is 0 Å². The fourth-order valence-electron chi connectivity index (χ4n) is 3.69. The lowest BCUT2D eigenvalue weighted by atomic mass is 9.94. The molecule has 11 heteroatoms. The predicted molar refractivity (Wildman–Crippen MR) is 104 cm³/mol. The Bertz CT molecular complexity index is 816. The van der Waals surface area contributed by atoms with E-state index in [1.165, 1.54) is 16.4 Å². The van der Waals surface area contributed by atoms with Gasteiger partial charge in [-0.15, -0.1) is 0 Å². The molecule has 7 nitrogen and oxygen atoms in total. The van der Waals surface area contributed by atoms with E-state index in [4.69, 9.17) is 4.74 Å². The molecule has 0 spiro atoms. The first-order valence-corrected chi connectivity index (χ1v) is 11.4. The standard InChI is InChI=1S/C19H26F3N3O4S/c20-19(21,22)18(26)23-16-1-3-17(4-2-16)30(27,28)25-9-6-15(7-10-25)5-8-24-11-13-29-14-12-24/h1-4,15H,5-14H2,(H,23,26). The van der Waals surface area contributed by atoms with Gasteiger partial charge in [-0.2, -0.15) is 17.5 Å². The number of nitrogens with one attached hydrogen (secondary N) is 1. The third kappa shape index (κ3) is 5.93. The summed E-state index contributed by atoms with van der Waals surface area (Å²) in [5.41, 5.74) is -0.113. The number of piperidine rings is 1. The first-order chi connectivity index (χ1) is 14.2. The van der Waals surface area contributed by atoms with E-state index in [0.29, 0.717) is 19.0 Å². The van der Waals surface area contributed by atoms with Crippen molar-refractivity contribution in [2.75, 3.05) is 51.3 Å². The molecule has 0 aromatic heterocycles. The monoisotopic (exact) mass is 449 g/mol. The molecule has 3 rings (SSSR count). The summed E-state index contributed by atoms with van der Waals surface area (Å²) in [4.78, 5) is 13.3. The molecule has 2 saturated heterocycles. The van der Waals surface area contributed by atoms with Crippen molar-refractivity contribution in [2.24, 2.45) is 5.92 Å². The SMILES string of the molecule is O=C(Nc1ccc(S(=O)(=O)N2CCC(CCN3CCOCC3)CC2)cc1)C(F)(F)F. The zero-order chi connectivity index (χ0) is 21.8. The van der Waals surface area contributed by atoms with E-state index < -0.39 is 22.1 Å². The molecular formula is C19H26F3N3O4S. The molecule has 1 aromatic rings. The first-order valence-electron chi connectivity index (χ1n) is 9.95. The minimum atomic E-state index is -5.00. The number of sulfonamides is 1. The number of hydrogen-bond donors (Lipinski definition) is 1. The van der Waals surface area contributed by atoms with Crippen molar-refractivity contribution in [1.29, 1.82) is 0 Å². The fourth-order valence-corrected chi connectivity index (χ4v) is 5.16. The molecular weight excluding hydrogens is 423 g/mol. The number of alkyl halides is 3. The molecule has 30 heavy (non-hydrogen) atoms. The van der Waals surface area contributed by atoms with Crippen LogP contribution in [-0.2, 0) is 19.6 Å². The maximum atomic E-state index is 12.8. The highest BCUT2D eigenvalue weighted by Crippen LogP contribution is 2.27. The Labute approximate surface area is 174 Å². The zero-order valence-corrected chi connectivity index (χ0v) is 17.3. The van der Waals surface area contributed by atoms with Gasteiger partial charge >= 0.3 is 12.1 Å². The molecule has 0 atom stereocenters. The fraction of sp³-hybridized carbons (Fsp3) is 0.632. The van der Waals surface area contributed by atoms with E-state index in [9.17, 15) is 26.4 Å². The van der Waals surface area contributed by atoms with Gasteiger partial charge in [0.05, 0.1) is 18.1 Å². The average molecular weight is 449 g/mol. The Kier molecular flexibility index (Phi) is 7.38. The molecule has 2 aliphatic rings. The second-order valence-corrected chi connectivity index (χ2v) is 9.50. The quantitative estimate of drug-likeness (QED) is 0.721. The summed E-state index contributed by atoms with van der Waals surface area (Å²) in [6.45, 7) is 5.22. The number of rotatable bonds is 6. The van der Waals surface area contributed by atoms with Crippen LogP contribution in [0.4, 0.5) is 18.9 Å². The van der Waals surface area contributed by atoms with Gasteiger partial charge in [0, 0.05) is 31.9 Å². The number of ether oxygens (including phenoxy) is 1. The summed E-state index contributed by atoms with van der Waals surface area (Å²) in [5.74, 6) is -1.63. The first kappa shape index (κ1) is 23.0. The van der Waals surface area contributed by atoms with E-state index in [0.717, 1.165) is 64.2 Å². The largest absolute Gasteiger partial charge is 0.471 e. The molecule has 0 radical (unpaired) electrons. The van der Waals surface area contributed by atoms with Gasteiger partial charge in [0.1, 0.15) is 0 Å². The van der Waals surface area contributed by atoms with Gasteiger partial charge < -0.3 is 10.1 Å². The van der Waals surface area contributed by atoms with Crippen LogP contribution in [0.2, 0.25) is 0 Å². The number of amides is 1. The minimum absolute atomic E-state index is 0.000672. The summed E-state index contributed by atoms with van der Waals surface area (Å²) >= 11 is 0. The molecule has 0 bridgehead atoms. The third-order valence-corrected chi connectivity index (χ3v) is 7.45. The lowest BCUT2D eigenvalue weighted by Crippen LogP contribution is -2.40. The molecule has 0 unspecified atom stereocenters. The Balaban J connectivity index is 1.51. The maximum absolute atomic E-state index is 12.8. The van der Waals surface area contributed by atoms with Crippen molar-refractivity contribution >= 4 is 21.6 Å². The highest BCUT2D eigenvalue weighted by molar-refractivity contribution is 7.89. The maximum Gasteiger partial charge on any atom is 0.471 e. The average Bonchev–Trinajstić information content (AvgIpc) is 2.73. The Morgan fingerprint density at radius 1 is 1.07 bits per heavy atom. The molecule has 1 aromatic carbocycles. The molecule has 2 heterocycles. The molecule has 0 aliphatic carbocycles. The van der Waals surface area contributed by atoms with Crippen LogP contribution in [0.1, 0.15) is 19.3 Å². The summed E-state index contributed by atoms with van der Waals surface area (Å²) in [6.07, 6.45) is -2.41. The van der Waals surface area contributed by atoms with E-state index in [1.54, 1.807) is 5.32 Å². The molecule has 2 aliphatic heterocycles. The van der Waals surface area contributed by atoms with Crippen LogP contribution in [0, 0.1) is 5.92 Å². The number of morpholine rings is 1. The Morgan fingerprint density at radius 2 is 1.67 bits per heavy atom. The zero-order valence-electron chi connectivity index (χ0n) is 16.5. The number of hydrogen-bond acceptors (Lipinski definition) is 5. The minimum Gasteiger partial charge on any atom is -0.379 e. The van der Waals surface area contributed by atoms with E-state index >= 15 is 0 Å². The van der Waals surface area contributed by atoms with Crippen LogP contribution in [0.25, 0.3) is 0 Å². The van der Waals surface area contributed by atoms with Crippen molar-refractivity contribution < 1.29 is 31.1 Å². The van der Waals surface area contributed by atoms with Gasteiger partial charge in [-0.25, -0.2) is 8.42 Å². The van der Waals surface area contributed by atoms with Crippen molar-refractivity contribution in [1.82, 2.24) is 9.21 Å². The predicted octanol–water partition coefficient (Wildman–Crippen LogP) is 2.31. The highest BCUT2D eigenvalue weighted by Gasteiger charge is 2.38. The normalized spacial score (nSPS) is 20.2. The van der Waals surface area contributed by atoms with E-state index in [-0.39, 0.29) is 10.6 Å². The van der Waals surface area contributed by atoms with Crippen LogP contribution < -0.4 is 5.32 Å². The molecule has 1 N–H and O–H groups in total. The number of anilines is 1. The Morgan fingerprint density at radius 3 is 2.23 bits per heavy atom. The molecule has 1 amide bonds. The van der Waals surface area contributed by atoms with Crippen molar-refractivity contribution in [3.05, 3.63) is 24.3 Å². The third-order valence-electron chi connectivity index (χ3n) is 5.54. The van der Waals surface area contributed by atoms with E-state index in [1.807, 2.05) is 0 Å². The van der Waals surface area contributed by atoms with E-state index in [2.05, 4.69) is 4.90 Å². The second kappa shape index (κ2) is 9.63. The number of benzene rings is 1. The van der Waals surface area contributed by atoms with Crippen LogP contribution >= 0.6 is 0 Å². The molecule has 168 valence electrons. The lowest BCUT2D eigenvalue weighted by molar-refractivity contribution is -0.167. The topological polar surface area (TPSA) is 79.0 Å². The van der Waals surface area contributed by atoms with Gasteiger partial charge in [0.25, 0.3) is 0 Å². The lowest BCUT2D eigenvalue weighted by Gasteiger charge is -2.33. The van der Waals surface area contributed by atoms with Crippen LogP contribution in [0.5, 0.6) is 0 Å². The number of nitrogens with zero attached hydrogens (tertiary/aromatic N) is 2. The second-order valence-electron chi connectivity index (χ2n) is 7.57. The van der Waals surface area contributed by atoms with Gasteiger partial charge in [-0.05, 0) is 56.0 Å². The highest BCUT2D eigenvalue weighted by atomic mass is 32.2. The number of carbonyl (C=O) groups excluding carboxylic acids is 1. The smallest absolute Gasteiger partial charge is 0.379 e. The van der Waals surface area contributed by atoms with Gasteiger partial charge in [0.15, 0.2) is 0 Å². The molecule has 0 saturated carbocycles. The van der Waals surface area contributed by atoms with Gasteiger partial charge in [0.2, 0.25) is 10.0 Å². The number of carbonyl (C=O) groups is 1. The summed E-state index contributed by atoms with van der Waals surface area (Å²) < 4.78 is 69.4. The van der Waals surface area contributed by atoms with Gasteiger partial charge in [-0.3, -0.25) is 9.69 Å². The summed E-state index contributed by atoms with van der Waals surface area (Å²) in [7, 11) is -3.72. The van der Waals surface area contributed by atoms with Gasteiger partial charge in [-0.1, -0.05) is 0 Å². The van der Waals surface area contributed by atoms with Crippen LogP contribution in [0.3, 0.4) is 0 Å². The van der Waals surface area contributed by atoms with Crippen LogP contribution in [-0.4, -0.2) is 75.6 Å². The Hall–Kier alpha value is -1.69. The summed E-state index contributed by atoms with van der Waals surface area (Å²) in [6, 6.07) is 4.74. The number of halogens is 3. The van der Waals surface area contributed by atoms with Crippen molar-refractivity contribution in [3.8, 4) is 0 Å².